The summed E-state index contributed by atoms with van der Waals surface area (Å²) in [6.07, 6.45) is 0.820. The molecule has 0 heterocycles. The minimum absolute atomic E-state index is 0.130. The number of hydrogen-bond acceptors (Lipinski definition) is 5. The molecule has 0 saturated heterocycles. The maximum absolute atomic E-state index is 13.7. The van der Waals surface area contributed by atoms with Crippen molar-refractivity contribution in [2.45, 2.75) is 39.3 Å². The lowest BCUT2D eigenvalue weighted by atomic mass is 10.1. The van der Waals surface area contributed by atoms with Crippen LogP contribution in [0, 0.1) is 0 Å². The average molecular weight is 263 g/mol. The van der Waals surface area contributed by atoms with Crippen molar-refractivity contribution >= 4 is 11.9 Å². The molecule has 0 aromatic heterocycles. The summed E-state index contributed by atoms with van der Waals surface area (Å²) in [5, 5.41) is 2.78. The highest BCUT2D eigenvalue weighted by molar-refractivity contribution is 5.79. The highest BCUT2D eigenvalue weighted by atomic mass is 19.1. The van der Waals surface area contributed by atoms with Crippen molar-refractivity contribution in [2.24, 2.45) is 0 Å². The number of carbonyl (C=O) groups excluding carboxylic acids is 2. The Morgan fingerprint density at radius 3 is 2.39 bits per heavy atom. The molecule has 1 atom stereocenters. The van der Waals surface area contributed by atoms with Gasteiger partial charge in [0, 0.05) is 13.0 Å². The number of carbonyl (C=O) groups is 2. The van der Waals surface area contributed by atoms with E-state index in [-0.39, 0.29) is 25.5 Å². The van der Waals surface area contributed by atoms with Gasteiger partial charge in [-0.1, -0.05) is 0 Å². The molecule has 106 valence electrons. The molecule has 0 aliphatic heterocycles. The first-order valence-electron chi connectivity index (χ1n) is 6.16. The Morgan fingerprint density at radius 2 is 1.83 bits per heavy atom. The minimum Gasteiger partial charge on any atom is -0.466 e. The summed E-state index contributed by atoms with van der Waals surface area (Å²) in [7, 11) is 0. The van der Waals surface area contributed by atoms with Crippen LogP contribution in [0.2, 0.25) is 0 Å². The molecule has 0 rings (SSSR count). The minimum atomic E-state index is -2.04. The summed E-state index contributed by atoms with van der Waals surface area (Å²) in [5.74, 6) is -1.14. The quantitative estimate of drug-likeness (QED) is 0.500. The molecule has 0 spiro atoms. The lowest BCUT2D eigenvalue weighted by molar-refractivity contribution is -0.155. The molecule has 0 aliphatic carbocycles. The Balaban J connectivity index is 3.70. The summed E-state index contributed by atoms with van der Waals surface area (Å²) < 4.78 is 23.1. The summed E-state index contributed by atoms with van der Waals surface area (Å²) >= 11 is 0. The van der Waals surface area contributed by atoms with Gasteiger partial charge in [-0.25, -0.2) is 9.18 Å². The van der Waals surface area contributed by atoms with E-state index >= 15 is 0 Å². The van der Waals surface area contributed by atoms with Crippen molar-refractivity contribution in [3.63, 3.8) is 0 Å². The van der Waals surface area contributed by atoms with Crippen LogP contribution in [-0.2, 0) is 19.1 Å². The predicted molar refractivity (Wildman–Crippen MR) is 64.9 cm³/mol. The highest BCUT2D eigenvalue weighted by Crippen LogP contribution is 2.11. The van der Waals surface area contributed by atoms with Crippen molar-refractivity contribution in [2.75, 3.05) is 26.3 Å². The monoisotopic (exact) mass is 263 g/mol. The number of alkyl halides is 1. The summed E-state index contributed by atoms with van der Waals surface area (Å²) in [5.41, 5.74) is -2.04. The molecular formula is C12H22FNO4. The molecule has 0 fully saturated rings. The van der Waals surface area contributed by atoms with E-state index in [2.05, 4.69) is 10.1 Å². The molecule has 18 heavy (non-hydrogen) atoms. The van der Waals surface area contributed by atoms with Crippen molar-refractivity contribution in [3.8, 4) is 0 Å². The average Bonchev–Trinajstić information content (AvgIpc) is 2.29. The normalized spacial score (nSPS) is 13.8. The van der Waals surface area contributed by atoms with E-state index in [0.717, 1.165) is 0 Å². The Hall–Kier alpha value is -1.17. The zero-order valence-electron chi connectivity index (χ0n) is 11.3. The van der Waals surface area contributed by atoms with Crippen LogP contribution in [0.4, 0.5) is 4.39 Å². The number of esters is 2. The van der Waals surface area contributed by atoms with Crippen LogP contribution < -0.4 is 5.32 Å². The number of hydrogen-bond donors (Lipinski definition) is 1. The first kappa shape index (κ1) is 16.8. The third-order valence-electron chi connectivity index (χ3n) is 2.20. The smallest absolute Gasteiger partial charge is 0.344 e. The van der Waals surface area contributed by atoms with Gasteiger partial charge in [-0.05, 0) is 33.7 Å². The molecule has 5 nitrogen and oxygen atoms in total. The topological polar surface area (TPSA) is 64.6 Å². The maximum atomic E-state index is 13.7. The van der Waals surface area contributed by atoms with Gasteiger partial charge >= 0.3 is 11.9 Å². The summed E-state index contributed by atoms with van der Waals surface area (Å²) in [4.78, 5) is 22.2. The molecule has 0 aromatic carbocycles. The second kappa shape index (κ2) is 8.85. The van der Waals surface area contributed by atoms with Crippen LogP contribution in [0.15, 0.2) is 0 Å². The van der Waals surface area contributed by atoms with Gasteiger partial charge in [0.25, 0.3) is 0 Å². The van der Waals surface area contributed by atoms with Gasteiger partial charge in [0.15, 0.2) is 0 Å². The largest absolute Gasteiger partial charge is 0.466 e. The Bertz CT molecular complexity index is 269. The van der Waals surface area contributed by atoms with Gasteiger partial charge in [-0.15, -0.1) is 0 Å². The van der Waals surface area contributed by atoms with Gasteiger partial charge < -0.3 is 14.8 Å². The molecule has 0 aromatic rings. The number of halogens is 1. The Morgan fingerprint density at radius 1 is 1.22 bits per heavy atom. The van der Waals surface area contributed by atoms with Gasteiger partial charge in [0.2, 0.25) is 5.67 Å². The van der Waals surface area contributed by atoms with Crippen LogP contribution in [0.5, 0.6) is 0 Å². The fourth-order valence-corrected chi connectivity index (χ4v) is 1.27. The highest BCUT2D eigenvalue weighted by Gasteiger charge is 2.33. The van der Waals surface area contributed by atoms with E-state index < -0.39 is 11.6 Å². The second-order valence-corrected chi connectivity index (χ2v) is 4.00. The summed E-state index contributed by atoms with van der Waals surface area (Å²) in [6, 6.07) is 0. The number of rotatable bonds is 9. The van der Waals surface area contributed by atoms with Gasteiger partial charge in [0.1, 0.15) is 0 Å². The molecule has 0 saturated carbocycles. The van der Waals surface area contributed by atoms with Crippen molar-refractivity contribution in [1.29, 1.82) is 0 Å². The third-order valence-corrected chi connectivity index (χ3v) is 2.20. The Kier molecular flexibility index (Phi) is 8.28. The molecule has 1 unspecified atom stereocenters. The SMILES string of the molecule is CCOC(=O)CCCNCC(C)(F)C(=O)OCC. The van der Waals surface area contributed by atoms with Crippen molar-refractivity contribution in [1.82, 2.24) is 5.32 Å². The van der Waals surface area contributed by atoms with Crippen LogP contribution >= 0.6 is 0 Å². The second-order valence-electron chi connectivity index (χ2n) is 4.00. The van der Waals surface area contributed by atoms with E-state index in [0.29, 0.717) is 19.6 Å². The fraction of sp³-hybridized carbons (Fsp3) is 0.833. The standard InChI is InChI=1S/C12H22FNO4/c1-4-17-10(15)7-6-8-14-9-12(3,13)11(16)18-5-2/h14H,4-9H2,1-3H3. The fourth-order valence-electron chi connectivity index (χ4n) is 1.27. The van der Waals surface area contributed by atoms with Gasteiger partial charge in [-0.3, -0.25) is 4.79 Å². The predicted octanol–water partition coefficient (Wildman–Crippen LogP) is 1.21. The lowest BCUT2D eigenvalue weighted by Crippen LogP contribution is -2.42. The molecular weight excluding hydrogens is 241 g/mol. The van der Waals surface area contributed by atoms with E-state index in [1.54, 1.807) is 13.8 Å². The van der Waals surface area contributed by atoms with Crippen LogP contribution in [0.3, 0.4) is 0 Å². The zero-order valence-corrected chi connectivity index (χ0v) is 11.3. The van der Waals surface area contributed by atoms with Crippen molar-refractivity contribution < 1.29 is 23.5 Å². The lowest BCUT2D eigenvalue weighted by Gasteiger charge is -2.18. The molecule has 0 amide bonds. The van der Waals surface area contributed by atoms with E-state index in [4.69, 9.17) is 4.74 Å². The first-order chi connectivity index (χ1) is 8.44. The molecule has 6 heteroatoms. The van der Waals surface area contributed by atoms with Crippen LogP contribution in [-0.4, -0.2) is 43.9 Å². The van der Waals surface area contributed by atoms with Crippen LogP contribution in [0.25, 0.3) is 0 Å². The van der Waals surface area contributed by atoms with Crippen molar-refractivity contribution in [3.05, 3.63) is 0 Å². The molecule has 0 bridgehead atoms. The molecule has 0 radical (unpaired) electrons. The molecule has 1 N–H and O–H groups in total. The van der Waals surface area contributed by atoms with Gasteiger partial charge in [0.05, 0.1) is 13.2 Å². The Labute approximate surface area is 107 Å². The zero-order chi connectivity index (χ0) is 14.0. The summed E-state index contributed by atoms with van der Waals surface area (Å²) in [6.45, 7) is 5.36. The number of nitrogens with one attached hydrogen (secondary N) is 1. The van der Waals surface area contributed by atoms with Crippen LogP contribution in [0.1, 0.15) is 33.6 Å². The van der Waals surface area contributed by atoms with E-state index in [1.165, 1.54) is 6.92 Å². The van der Waals surface area contributed by atoms with E-state index in [1.807, 2.05) is 0 Å². The first-order valence-corrected chi connectivity index (χ1v) is 6.16. The number of ether oxygens (including phenoxy) is 2. The molecule has 0 aliphatic rings. The maximum Gasteiger partial charge on any atom is 0.344 e. The van der Waals surface area contributed by atoms with E-state index in [9.17, 15) is 14.0 Å². The third kappa shape index (κ3) is 7.21. The van der Waals surface area contributed by atoms with Gasteiger partial charge in [-0.2, -0.15) is 0 Å².